The third kappa shape index (κ3) is 3.04. The van der Waals surface area contributed by atoms with Gasteiger partial charge < -0.3 is 10.2 Å². The second-order valence-electron chi connectivity index (χ2n) is 4.47. The molecule has 0 amide bonds. The Morgan fingerprint density at radius 1 is 1.53 bits per heavy atom. The van der Waals surface area contributed by atoms with Crippen molar-refractivity contribution < 1.29 is 0 Å². The average molecular weight is 208 g/mol. The molecule has 0 radical (unpaired) electrons. The largest absolute Gasteiger partial charge is 0.312 e. The molecule has 84 valence electrons. The molecule has 2 rings (SSSR count). The van der Waals surface area contributed by atoms with Crippen molar-refractivity contribution in [3.05, 3.63) is 18.0 Å². The molecule has 2 heterocycles. The Hall–Kier alpha value is -0.870. The van der Waals surface area contributed by atoms with Gasteiger partial charge >= 0.3 is 0 Å². The second-order valence-corrected chi connectivity index (χ2v) is 4.47. The molecule has 1 aromatic heterocycles. The van der Waals surface area contributed by atoms with Gasteiger partial charge in [-0.2, -0.15) is 5.10 Å². The van der Waals surface area contributed by atoms with Crippen molar-refractivity contribution in [3.63, 3.8) is 0 Å². The van der Waals surface area contributed by atoms with Crippen LogP contribution >= 0.6 is 0 Å². The Kier molecular flexibility index (Phi) is 3.38. The lowest BCUT2D eigenvalue weighted by Gasteiger charge is -2.11. The minimum Gasteiger partial charge on any atom is -0.312 e. The molecule has 0 aliphatic carbocycles. The van der Waals surface area contributed by atoms with Crippen LogP contribution < -0.4 is 5.32 Å². The molecule has 0 bridgehead atoms. The van der Waals surface area contributed by atoms with E-state index in [1.807, 2.05) is 17.9 Å². The van der Waals surface area contributed by atoms with Crippen molar-refractivity contribution in [2.75, 3.05) is 26.7 Å². The van der Waals surface area contributed by atoms with Crippen molar-refractivity contribution in [1.29, 1.82) is 0 Å². The van der Waals surface area contributed by atoms with Crippen molar-refractivity contribution in [2.24, 2.45) is 7.05 Å². The highest BCUT2D eigenvalue weighted by atomic mass is 15.2. The van der Waals surface area contributed by atoms with Gasteiger partial charge in [0.1, 0.15) is 0 Å². The molecule has 1 saturated heterocycles. The lowest BCUT2D eigenvalue weighted by molar-refractivity contribution is 0.398. The third-order valence-electron chi connectivity index (χ3n) is 3.00. The Morgan fingerprint density at radius 3 is 3.00 bits per heavy atom. The van der Waals surface area contributed by atoms with Gasteiger partial charge in [-0.1, -0.05) is 0 Å². The van der Waals surface area contributed by atoms with E-state index in [0.29, 0.717) is 6.04 Å². The van der Waals surface area contributed by atoms with Crippen LogP contribution in [0.5, 0.6) is 0 Å². The number of nitrogens with one attached hydrogen (secondary N) is 1. The topological polar surface area (TPSA) is 33.1 Å². The van der Waals surface area contributed by atoms with Gasteiger partial charge in [0.15, 0.2) is 0 Å². The second kappa shape index (κ2) is 4.77. The molecule has 1 aromatic rings. The third-order valence-corrected chi connectivity index (χ3v) is 3.00. The molecule has 1 N–H and O–H groups in total. The average Bonchev–Trinajstić information content (AvgIpc) is 2.76. The fourth-order valence-electron chi connectivity index (χ4n) is 2.12. The van der Waals surface area contributed by atoms with Crippen molar-refractivity contribution in [1.82, 2.24) is 20.0 Å². The first-order valence-corrected chi connectivity index (χ1v) is 5.63. The van der Waals surface area contributed by atoms with Gasteiger partial charge in [-0.25, -0.2) is 0 Å². The van der Waals surface area contributed by atoms with Crippen LogP contribution in [0.1, 0.15) is 12.0 Å². The Labute approximate surface area is 91.3 Å². The predicted octanol–water partition coefficient (Wildman–Crippen LogP) is 0.256. The van der Waals surface area contributed by atoms with Gasteiger partial charge in [0.2, 0.25) is 0 Å². The zero-order valence-electron chi connectivity index (χ0n) is 9.61. The summed E-state index contributed by atoms with van der Waals surface area (Å²) in [4.78, 5) is 2.38. The van der Waals surface area contributed by atoms with E-state index < -0.39 is 0 Å². The van der Waals surface area contributed by atoms with Gasteiger partial charge in [-0.15, -0.1) is 0 Å². The van der Waals surface area contributed by atoms with E-state index >= 15 is 0 Å². The summed E-state index contributed by atoms with van der Waals surface area (Å²) in [5.74, 6) is 0. The highest BCUT2D eigenvalue weighted by Gasteiger charge is 2.17. The van der Waals surface area contributed by atoms with E-state index in [9.17, 15) is 0 Å². The number of hydrogen-bond acceptors (Lipinski definition) is 3. The lowest BCUT2D eigenvalue weighted by Crippen LogP contribution is -2.32. The molecular formula is C11H20N4. The van der Waals surface area contributed by atoms with Crippen LogP contribution in [0.2, 0.25) is 0 Å². The number of likely N-dealkylation sites (tertiary alicyclic amines) is 1. The summed E-state index contributed by atoms with van der Waals surface area (Å²) in [6.45, 7) is 3.47. The summed E-state index contributed by atoms with van der Waals surface area (Å²) in [5, 5.41) is 7.75. The maximum Gasteiger partial charge on any atom is 0.0522 e. The fraction of sp³-hybridized carbons (Fsp3) is 0.727. The first kappa shape index (κ1) is 10.6. The quantitative estimate of drug-likeness (QED) is 0.770. The van der Waals surface area contributed by atoms with E-state index in [0.717, 1.165) is 13.0 Å². The number of nitrogens with zero attached hydrogens (tertiary/aromatic N) is 3. The number of aryl methyl sites for hydroxylation is 1. The molecular weight excluding hydrogens is 188 g/mol. The van der Waals surface area contributed by atoms with E-state index in [1.54, 1.807) is 0 Å². The molecule has 0 aromatic carbocycles. The highest BCUT2D eigenvalue weighted by Crippen LogP contribution is 2.06. The highest BCUT2D eigenvalue weighted by molar-refractivity contribution is 5.04. The van der Waals surface area contributed by atoms with Crippen LogP contribution in [0.4, 0.5) is 0 Å². The standard InChI is InChI=1S/C11H20N4/c1-14-6-4-11(9-14)12-5-3-10-7-13-15(2)8-10/h7-8,11-12H,3-6,9H2,1-2H3. The van der Waals surface area contributed by atoms with Gasteiger partial charge in [0.25, 0.3) is 0 Å². The van der Waals surface area contributed by atoms with Crippen LogP contribution in [0.3, 0.4) is 0 Å². The molecule has 4 nitrogen and oxygen atoms in total. The minimum atomic E-state index is 0.687. The van der Waals surface area contributed by atoms with E-state index in [-0.39, 0.29) is 0 Å². The van der Waals surface area contributed by atoms with Gasteiger partial charge in [-0.3, -0.25) is 4.68 Å². The van der Waals surface area contributed by atoms with Gasteiger partial charge in [-0.05, 0) is 38.5 Å². The van der Waals surface area contributed by atoms with Crippen molar-refractivity contribution >= 4 is 0 Å². The van der Waals surface area contributed by atoms with Crippen LogP contribution in [-0.4, -0.2) is 47.4 Å². The first-order valence-electron chi connectivity index (χ1n) is 5.63. The number of rotatable bonds is 4. The number of hydrogen-bond donors (Lipinski definition) is 1. The van der Waals surface area contributed by atoms with Crippen LogP contribution in [0.15, 0.2) is 12.4 Å². The monoisotopic (exact) mass is 208 g/mol. The molecule has 1 aliphatic heterocycles. The van der Waals surface area contributed by atoms with Crippen LogP contribution in [-0.2, 0) is 13.5 Å². The maximum atomic E-state index is 4.16. The first-order chi connectivity index (χ1) is 7.24. The minimum absolute atomic E-state index is 0.687. The van der Waals surface area contributed by atoms with E-state index in [4.69, 9.17) is 0 Å². The van der Waals surface area contributed by atoms with E-state index in [1.165, 1.54) is 25.1 Å². The smallest absolute Gasteiger partial charge is 0.0522 e. The summed E-state index contributed by atoms with van der Waals surface area (Å²) < 4.78 is 1.86. The Bertz CT molecular complexity index is 307. The van der Waals surface area contributed by atoms with Crippen molar-refractivity contribution in [2.45, 2.75) is 18.9 Å². The molecule has 0 saturated carbocycles. The summed E-state index contributed by atoms with van der Waals surface area (Å²) >= 11 is 0. The molecule has 0 spiro atoms. The van der Waals surface area contributed by atoms with Crippen LogP contribution in [0.25, 0.3) is 0 Å². The number of aromatic nitrogens is 2. The Balaban J connectivity index is 1.67. The van der Waals surface area contributed by atoms with Gasteiger partial charge in [0.05, 0.1) is 6.20 Å². The number of likely N-dealkylation sites (N-methyl/N-ethyl adjacent to an activating group) is 1. The summed E-state index contributed by atoms with van der Waals surface area (Å²) in [7, 11) is 4.14. The molecule has 4 heteroatoms. The SMILES string of the molecule is CN1CCC(NCCc2cnn(C)c2)C1. The van der Waals surface area contributed by atoms with Gasteiger partial charge in [0, 0.05) is 25.8 Å². The Morgan fingerprint density at radius 2 is 2.40 bits per heavy atom. The van der Waals surface area contributed by atoms with E-state index in [2.05, 4.69) is 28.6 Å². The molecule has 1 atom stereocenters. The zero-order chi connectivity index (χ0) is 10.7. The van der Waals surface area contributed by atoms with Crippen LogP contribution in [0, 0.1) is 0 Å². The fourth-order valence-corrected chi connectivity index (χ4v) is 2.12. The molecule has 15 heavy (non-hydrogen) atoms. The molecule has 1 fully saturated rings. The molecule has 1 aliphatic rings. The summed E-state index contributed by atoms with van der Waals surface area (Å²) in [5.41, 5.74) is 1.32. The maximum absolute atomic E-state index is 4.16. The molecule has 1 unspecified atom stereocenters. The van der Waals surface area contributed by atoms with Crippen molar-refractivity contribution in [3.8, 4) is 0 Å². The zero-order valence-corrected chi connectivity index (χ0v) is 9.61. The summed E-state index contributed by atoms with van der Waals surface area (Å²) in [6.07, 6.45) is 6.39. The predicted molar refractivity (Wildman–Crippen MR) is 60.8 cm³/mol. The lowest BCUT2D eigenvalue weighted by atomic mass is 10.2. The summed E-state index contributed by atoms with van der Waals surface area (Å²) in [6, 6.07) is 0.687. The normalized spacial score (nSPS) is 22.4.